The number of halogens is 6. The maximum Gasteiger partial charge on any atom is 0.416 e. The van der Waals surface area contributed by atoms with Crippen molar-refractivity contribution in [2.75, 3.05) is 6.61 Å². The molecule has 0 N–H and O–H groups in total. The Morgan fingerprint density at radius 2 is 1.29 bits per heavy atom. The monoisotopic (exact) mass is 257 g/mol. The zero-order valence-corrected chi connectivity index (χ0v) is 8.32. The average molecular weight is 257 g/mol. The van der Waals surface area contributed by atoms with Crippen molar-refractivity contribution < 1.29 is 31.4 Å². The van der Waals surface area contributed by atoms with Crippen LogP contribution in [0, 0.1) is 0 Å². The molecule has 95 valence electrons. The first-order valence-corrected chi connectivity index (χ1v) is 4.52. The highest BCUT2D eigenvalue weighted by Gasteiger charge is 2.40. The van der Waals surface area contributed by atoms with Crippen LogP contribution in [0.3, 0.4) is 0 Å². The number of hydrogen-bond acceptors (Lipinski definition) is 0. The maximum atomic E-state index is 12.5. The lowest BCUT2D eigenvalue weighted by atomic mass is 9.97. The summed E-state index contributed by atoms with van der Waals surface area (Å²) >= 11 is 0. The number of hydrogen-bond donors (Lipinski definition) is 0. The van der Waals surface area contributed by atoms with Gasteiger partial charge in [0.05, 0.1) is 17.7 Å². The molecule has 0 atom stereocenters. The molecular weight excluding hydrogens is 250 g/mol. The topological polar surface area (TPSA) is 19.9 Å². The van der Waals surface area contributed by atoms with E-state index in [2.05, 4.69) is 0 Å². The molecule has 0 amide bonds. The summed E-state index contributed by atoms with van der Waals surface area (Å²) in [6.45, 7) is -1.03. The van der Waals surface area contributed by atoms with Gasteiger partial charge in [0.1, 0.15) is 0 Å². The molecule has 0 unspecified atom stereocenters. The highest BCUT2D eigenvalue weighted by Crippen LogP contribution is 2.39. The predicted molar refractivity (Wildman–Crippen MR) is 45.7 cm³/mol. The van der Waals surface area contributed by atoms with Crippen LogP contribution in [-0.4, -0.2) is 6.61 Å². The fraction of sp³-hybridized carbons (Fsp3) is 0.400. The molecule has 1 nitrogen and oxygen atoms in total. The van der Waals surface area contributed by atoms with Gasteiger partial charge in [0.15, 0.2) is 0 Å². The van der Waals surface area contributed by atoms with Crippen LogP contribution in [0.15, 0.2) is 18.2 Å². The van der Waals surface area contributed by atoms with E-state index < -0.39 is 42.1 Å². The first-order valence-electron chi connectivity index (χ1n) is 4.52. The van der Waals surface area contributed by atoms with Crippen molar-refractivity contribution in [1.82, 2.24) is 0 Å². The Kier molecular flexibility index (Phi) is 3.71. The molecule has 17 heavy (non-hydrogen) atoms. The molecule has 1 aromatic rings. The minimum Gasteiger partial charge on any atom is -0.236 e. The summed E-state index contributed by atoms with van der Waals surface area (Å²) in [6, 6.07) is 1.76. The molecule has 0 heterocycles. The number of alkyl halides is 6. The summed E-state index contributed by atoms with van der Waals surface area (Å²) in [6.07, 6.45) is -10.6. The Morgan fingerprint density at radius 3 is 1.59 bits per heavy atom. The van der Waals surface area contributed by atoms with Crippen LogP contribution in [0.4, 0.5) is 26.3 Å². The third kappa shape index (κ3) is 3.12. The Balaban J connectivity index is 3.43. The van der Waals surface area contributed by atoms with Crippen molar-refractivity contribution in [2.45, 2.75) is 18.8 Å². The predicted octanol–water partition coefficient (Wildman–Crippen LogP) is 3.70. The van der Waals surface area contributed by atoms with E-state index in [0.29, 0.717) is 18.2 Å². The highest BCUT2D eigenvalue weighted by molar-refractivity contribution is 5.39. The molecule has 0 saturated heterocycles. The van der Waals surface area contributed by atoms with Crippen LogP contribution in [0.2, 0.25) is 0 Å². The molecule has 0 aromatic heterocycles. The summed E-state index contributed by atoms with van der Waals surface area (Å²) in [5, 5.41) is 10.3. The normalized spacial score (nSPS) is 12.9. The second kappa shape index (κ2) is 4.56. The molecule has 1 aromatic carbocycles. The van der Waals surface area contributed by atoms with Gasteiger partial charge >= 0.3 is 12.4 Å². The van der Waals surface area contributed by atoms with Gasteiger partial charge in [-0.3, -0.25) is 0 Å². The lowest BCUT2D eigenvalue weighted by Gasteiger charge is -2.17. The maximum absolute atomic E-state index is 12.5. The van der Waals surface area contributed by atoms with E-state index in [0.717, 1.165) is 0 Å². The zero-order valence-electron chi connectivity index (χ0n) is 8.32. The standard InChI is InChI=1S/C10H7F6O/c11-9(12,13)7-2-1-3-8(10(14,15)16)6(7)4-5-17/h1-3H,4-5H2. The van der Waals surface area contributed by atoms with Crippen molar-refractivity contribution in [2.24, 2.45) is 0 Å². The fourth-order valence-corrected chi connectivity index (χ4v) is 1.49. The number of benzene rings is 1. The smallest absolute Gasteiger partial charge is 0.236 e. The van der Waals surface area contributed by atoms with Gasteiger partial charge in [-0.2, -0.15) is 26.3 Å². The summed E-state index contributed by atoms with van der Waals surface area (Å²) in [7, 11) is 0. The fourth-order valence-electron chi connectivity index (χ4n) is 1.49. The Hall–Kier alpha value is -1.24. The van der Waals surface area contributed by atoms with E-state index in [1.165, 1.54) is 0 Å². The lowest BCUT2D eigenvalue weighted by Crippen LogP contribution is -2.17. The first-order chi connectivity index (χ1) is 7.68. The van der Waals surface area contributed by atoms with E-state index in [-0.39, 0.29) is 0 Å². The Bertz CT molecular complexity index is 361. The van der Waals surface area contributed by atoms with Gasteiger partial charge < -0.3 is 0 Å². The molecule has 0 aliphatic rings. The number of rotatable bonds is 2. The Morgan fingerprint density at radius 1 is 0.882 bits per heavy atom. The second-order valence-corrected chi connectivity index (χ2v) is 3.28. The van der Waals surface area contributed by atoms with Crippen LogP contribution < -0.4 is 0 Å². The van der Waals surface area contributed by atoms with Crippen LogP contribution in [0.5, 0.6) is 0 Å². The van der Waals surface area contributed by atoms with Crippen molar-refractivity contribution in [3.05, 3.63) is 34.9 Å². The van der Waals surface area contributed by atoms with Crippen LogP contribution in [-0.2, 0) is 23.9 Å². The molecule has 1 radical (unpaired) electrons. The van der Waals surface area contributed by atoms with Crippen molar-refractivity contribution in [1.29, 1.82) is 0 Å². The van der Waals surface area contributed by atoms with E-state index in [1.54, 1.807) is 0 Å². The van der Waals surface area contributed by atoms with Crippen molar-refractivity contribution in [3.63, 3.8) is 0 Å². The largest absolute Gasteiger partial charge is 0.416 e. The van der Waals surface area contributed by atoms with Crippen molar-refractivity contribution >= 4 is 0 Å². The summed E-state index contributed by atoms with van der Waals surface area (Å²) in [5.41, 5.74) is -3.78. The van der Waals surface area contributed by atoms with Crippen LogP contribution in [0.1, 0.15) is 16.7 Å². The van der Waals surface area contributed by atoms with E-state index in [9.17, 15) is 31.4 Å². The van der Waals surface area contributed by atoms with Gasteiger partial charge in [0, 0.05) is 6.42 Å². The SMILES string of the molecule is [O]CCc1c(C(F)(F)F)cccc1C(F)(F)F. The molecule has 0 aliphatic heterocycles. The molecule has 0 spiro atoms. The van der Waals surface area contributed by atoms with E-state index in [1.807, 2.05) is 0 Å². The third-order valence-corrected chi connectivity index (χ3v) is 2.14. The molecule has 0 aliphatic carbocycles. The minimum absolute atomic E-state index is 0.542. The summed E-state index contributed by atoms with van der Waals surface area (Å²) in [4.78, 5) is 0. The average Bonchev–Trinajstić information content (AvgIpc) is 2.15. The minimum atomic E-state index is -4.90. The quantitative estimate of drug-likeness (QED) is 0.720. The van der Waals surface area contributed by atoms with Gasteiger partial charge in [-0.15, -0.1) is 0 Å². The zero-order chi connectivity index (χ0) is 13.3. The Labute approximate surface area is 92.7 Å². The molecule has 0 saturated carbocycles. The van der Waals surface area contributed by atoms with Gasteiger partial charge in [-0.05, 0) is 17.7 Å². The molecule has 7 heteroatoms. The van der Waals surface area contributed by atoms with Gasteiger partial charge in [-0.25, -0.2) is 5.11 Å². The van der Waals surface area contributed by atoms with E-state index in [4.69, 9.17) is 0 Å². The molecule has 0 bridgehead atoms. The van der Waals surface area contributed by atoms with E-state index >= 15 is 0 Å². The molecule has 0 fully saturated rings. The highest BCUT2D eigenvalue weighted by atomic mass is 19.4. The van der Waals surface area contributed by atoms with Crippen LogP contribution in [0.25, 0.3) is 0 Å². The second-order valence-electron chi connectivity index (χ2n) is 3.28. The summed E-state index contributed by atoms with van der Waals surface area (Å²) in [5.74, 6) is 0. The molecule has 1 rings (SSSR count). The lowest BCUT2D eigenvalue weighted by molar-refractivity contribution is -0.144. The first kappa shape index (κ1) is 13.8. The van der Waals surface area contributed by atoms with Crippen molar-refractivity contribution in [3.8, 4) is 0 Å². The van der Waals surface area contributed by atoms with Crippen LogP contribution >= 0.6 is 0 Å². The van der Waals surface area contributed by atoms with Gasteiger partial charge in [0.2, 0.25) is 0 Å². The summed E-state index contributed by atoms with van der Waals surface area (Å²) < 4.78 is 74.8. The van der Waals surface area contributed by atoms with Gasteiger partial charge in [-0.1, -0.05) is 6.07 Å². The third-order valence-electron chi connectivity index (χ3n) is 2.14. The van der Waals surface area contributed by atoms with Gasteiger partial charge in [0.25, 0.3) is 0 Å². The molecular formula is C10H7F6O.